The van der Waals surface area contributed by atoms with E-state index in [0.29, 0.717) is 16.5 Å². The van der Waals surface area contributed by atoms with Crippen molar-refractivity contribution in [1.82, 2.24) is 10.2 Å². The zero-order chi connectivity index (χ0) is 32.6. The van der Waals surface area contributed by atoms with Gasteiger partial charge in [0.05, 0.1) is 10.6 Å². The number of hydrogen-bond donors (Lipinski definition) is 1. The van der Waals surface area contributed by atoms with Crippen molar-refractivity contribution in [2.24, 2.45) is 0 Å². The summed E-state index contributed by atoms with van der Waals surface area (Å²) in [5.41, 5.74) is 2.89. The van der Waals surface area contributed by atoms with Crippen LogP contribution in [0.3, 0.4) is 0 Å². The Morgan fingerprint density at radius 2 is 1.49 bits per heavy atom. The van der Waals surface area contributed by atoms with Crippen LogP contribution in [-0.2, 0) is 32.6 Å². The Morgan fingerprint density at radius 3 is 2.13 bits per heavy atom. The van der Waals surface area contributed by atoms with E-state index in [9.17, 15) is 18.0 Å². The fourth-order valence-electron chi connectivity index (χ4n) is 4.90. The number of rotatable bonds is 13. The minimum absolute atomic E-state index is 0.0414. The van der Waals surface area contributed by atoms with Gasteiger partial charge in [-0.1, -0.05) is 96.4 Å². The average Bonchev–Trinajstić information content (AvgIpc) is 3.02. The fraction of sp³-hybridized carbons (Fsp3) is 0.257. The van der Waals surface area contributed by atoms with Gasteiger partial charge in [0, 0.05) is 29.1 Å². The van der Waals surface area contributed by atoms with Crippen LogP contribution in [0.1, 0.15) is 37.0 Å². The molecule has 0 saturated carbocycles. The lowest BCUT2D eigenvalue weighted by Crippen LogP contribution is -2.54. The standard InChI is InChI=1S/C35H37Cl2N3O4S/c1-4-26(3)38-35(42)33(21-27-11-6-5-7-12-27)39(23-28-13-8-10-25(2)20-28)34(41)24-40(31-15-9-14-30(37)22-31)45(43,44)32-18-16-29(36)17-19-32/h5-20,22,26,33H,4,21,23-24H2,1-3H3,(H,38,42). The summed E-state index contributed by atoms with van der Waals surface area (Å²) >= 11 is 12.3. The molecule has 0 aromatic heterocycles. The van der Waals surface area contributed by atoms with Gasteiger partial charge in [0.25, 0.3) is 10.0 Å². The minimum atomic E-state index is -4.26. The average molecular weight is 667 g/mol. The third-order valence-corrected chi connectivity index (χ3v) is 9.76. The van der Waals surface area contributed by atoms with E-state index in [1.807, 2.05) is 75.4 Å². The molecule has 2 atom stereocenters. The van der Waals surface area contributed by atoms with Crippen molar-refractivity contribution in [2.75, 3.05) is 10.8 Å². The number of benzene rings is 4. The molecule has 2 unspecified atom stereocenters. The van der Waals surface area contributed by atoms with Crippen LogP contribution in [0.2, 0.25) is 10.0 Å². The van der Waals surface area contributed by atoms with E-state index >= 15 is 0 Å². The molecule has 4 aromatic carbocycles. The summed E-state index contributed by atoms with van der Waals surface area (Å²) < 4.78 is 29.2. The Bertz CT molecular complexity index is 1720. The van der Waals surface area contributed by atoms with Gasteiger partial charge in [-0.3, -0.25) is 13.9 Å². The molecule has 45 heavy (non-hydrogen) atoms. The zero-order valence-corrected chi connectivity index (χ0v) is 27.8. The number of anilines is 1. The van der Waals surface area contributed by atoms with Crippen LogP contribution in [0.15, 0.2) is 108 Å². The van der Waals surface area contributed by atoms with Crippen molar-refractivity contribution in [2.45, 2.75) is 57.1 Å². The molecule has 0 radical (unpaired) electrons. The molecule has 4 aromatic rings. The number of hydrogen-bond acceptors (Lipinski definition) is 4. The first-order chi connectivity index (χ1) is 21.5. The van der Waals surface area contributed by atoms with Gasteiger partial charge >= 0.3 is 0 Å². The largest absolute Gasteiger partial charge is 0.352 e. The molecule has 0 saturated heterocycles. The van der Waals surface area contributed by atoms with Crippen LogP contribution in [0.5, 0.6) is 0 Å². The molecule has 10 heteroatoms. The van der Waals surface area contributed by atoms with Gasteiger partial charge in [-0.2, -0.15) is 0 Å². The van der Waals surface area contributed by atoms with Gasteiger partial charge in [-0.25, -0.2) is 8.42 Å². The fourth-order valence-corrected chi connectivity index (χ4v) is 6.61. The van der Waals surface area contributed by atoms with E-state index in [-0.39, 0.29) is 35.5 Å². The second-order valence-electron chi connectivity index (χ2n) is 11.0. The van der Waals surface area contributed by atoms with Crippen LogP contribution in [0.25, 0.3) is 0 Å². The number of carbonyl (C=O) groups is 2. The summed E-state index contributed by atoms with van der Waals surface area (Å²) in [5.74, 6) is -0.863. The SMILES string of the molecule is CCC(C)NC(=O)C(Cc1ccccc1)N(Cc1cccc(C)c1)C(=O)CN(c1cccc(Cl)c1)S(=O)(=O)c1ccc(Cl)cc1. The van der Waals surface area contributed by atoms with Crippen molar-refractivity contribution in [1.29, 1.82) is 0 Å². The van der Waals surface area contributed by atoms with Crippen molar-refractivity contribution < 1.29 is 18.0 Å². The molecule has 4 rings (SSSR count). The van der Waals surface area contributed by atoms with E-state index in [2.05, 4.69) is 5.32 Å². The molecule has 0 aliphatic rings. The molecule has 236 valence electrons. The maximum atomic E-state index is 14.5. The first-order valence-electron chi connectivity index (χ1n) is 14.7. The normalized spacial score (nSPS) is 12.6. The molecule has 0 aliphatic carbocycles. The summed E-state index contributed by atoms with van der Waals surface area (Å²) in [7, 11) is -4.26. The molecule has 1 N–H and O–H groups in total. The molecular formula is C35H37Cl2N3O4S. The number of halogens is 2. The van der Waals surface area contributed by atoms with E-state index in [4.69, 9.17) is 23.2 Å². The van der Waals surface area contributed by atoms with Gasteiger partial charge in [-0.15, -0.1) is 0 Å². The van der Waals surface area contributed by atoms with Crippen LogP contribution >= 0.6 is 23.2 Å². The lowest BCUT2D eigenvalue weighted by molar-refractivity contribution is -0.140. The van der Waals surface area contributed by atoms with Crippen molar-refractivity contribution in [3.63, 3.8) is 0 Å². The molecule has 7 nitrogen and oxygen atoms in total. The zero-order valence-electron chi connectivity index (χ0n) is 25.5. The van der Waals surface area contributed by atoms with Gasteiger partial charge in [0.15, 0.2) is 0 Å². The third-order valence-electron chi connectivity index (χ3n) is 7.48. The number of aryl methyl sites for hydroxylation is 1. The molecular weight excluding hydrogens is 629 g/mol. The van der Waals surface area contributed by atoms with E-state index < -0.39 is 28.5 Å². The summed E-state index contributed by atoms with van der Waals surface area (Å²) in [6.07, 6.45) is 0.944. The Kier molecular flexibility index (Phi) is 11.7. The highest BCUT2D eigenvalue weighted by atomic mass is 35.5. The smallest absolute Gasteiger partial charge is 0.264 e. The first-order valence-corrected chi connectivity index (χ1v) is 16.9. The number of nitrogens with one attached hydrogen (secondary N) is 1. The molecule has 0 bridgehead atoms. The van der Waals surface area contributed by atoms with E-state index in [1.54, 1.807) is 18.2 Å². The van der Waals surface area contributed by atoms with E-state index in [0.717, 1.165) is 21.0 Å². The quantitative estimate of drug-likeness (QED) is 0.166. The predicted octanol–water partition coefficient (Wildman–Crippen LogP) is 7.05. The van der Waals surface area contributed by atoms with E-state index in [1.165, 1.54) is 35.2 Å². The highest BCUT2D eigenvalue weighted by Gasteiger charge is 2.35. The Morgan fingerprint density at radius 1 is 0.822 bits per heavy atom. The van der Waals surface area contributed by atoms with Crippen LogP contribution in [0.4, 0.5) is 5.69 Å². The number of amides is 2. The summed E-state index contributed by atoms with van der Waals surface area (Å²) in [4.78, 5) is 29.9. The van der Waals surface area contributed by atoms with Gasteiger partial charge in [-0.05, 0) is 73.9 Å². The molecule has 2 amide bonds. The second-order valence-corrected chi connectivity index (χ2v) is 13.7. The molecule has 0 spiro atoms. The maximum absolute atomic E-state index is 14.5. The molecule has 0 aliphatic heterocycles. The summed E-state index contributed by atoms with van der Waals surface area (Å²) in [6, 6.07) is 28.1. The van der Waals surface area contributed by atoms with Crippen molar-refractivity contribution in [3.8, 4) is 0 Å². The minimum Gasteiger partial charge on any atom is -0.352 e. The van der Waals surface area contributed by atoms with Crippen LogP contribution in [-0.4, -0.2) is 43.8 Å². The Labute approximate surface area is 275 Å². The highest BCUT2D eigenvalue weighted by molar-refractivity contribution is 7.92. The van der Waals surface area contributed by atoms with Gasteiger partial charge in [0.2, 0.25) is 11.8 Å². The number of carbonyl (C=O) groups excluding carboxylic acids is 2. The second kappa shape index (κ2) is 15.4. The topological polar surface area (TPSA) is 86.8 Å². The van der Waals surface area contributed by atoms with Crippen LogP contribution < -0.4 is 9.62 Å². The molecule has 0 fully saturated rings. The first kappa shape index (κ1) is 34.0. The lowest BCUT2D eigenvalue weighted by atomic mass is 10.0. The van der Waals surface area contributed by atoms with Crippen molar-refractivity contribution in [3.05, 3.63) is 130 Å². The van der Waals surface area contributed by atoms with Crippen LogP contribution in [0, 0.1) is 6.92 Å². The van der Waals surface area contributed by atoms with Gasteiger partial charge in [0.1, 0.15) is 12.6 Å². The summed E-state index contributed by atoms with van der Waals surface area (Å²) in [5, 5.41) is 3.72. The molecule has 0 heterocycles. The Hall–Kier alpha value is -3.85. The lowest BCUT2D eigenvalue weighted by Gasteiger charge is -2.34. The van der Waals surface area contributed by atoms with Crippen molar-refractivity contribution >= 4 is 50.7 Å². The van der Waals surface area contributed by atoms with Gasteiger partial charge < -0.3 is 10.2 Å². The number of nitrogens with zero attached hydrogens (tertiary/aromatic N) is 2. The highest BCUT2D eigenvalue weighted by Crippen LogP contribution is 2.28. The monoisotopic (exact) mass is 665 g/mol. The predicted molar refractivity (Wildman–Crippen MR) is 181 cm³/mol. The third kappa shape index (κ3) is 9.10. The maximum Gasteiger partial charge on any atom is 0.264 e. The number of sulfonamides is 1. The Balaban J connectivity index is 1.81. The summed E-state index contributed by atoms with van der Waals surface area (Å²) in [6.45, 7) is 5.35.